The van der Waals surface area contributed by atoms with Crippen molar-refractivity contribution in [1.29, 1.82) is 0 Å². The van der Waals surface area contributed by atoms with Gasteiger partial charge in [-0.05, 0) is 22.9 Å². The van der Waals surface area contributed by atoms with Crippen molar-refractivity contribution in [1.82, 2.24) is 10.2 Å². The van der Waals surface area contributed by atoms with Gasteiger partial charge < -0.3 is 15.3 Å². The summed E-state index contributed by atoms with van der Waals surface area (Å²) in [4.78, 5) is 25.0. The largest absolute Gasteiger partial charge is 0.507 e. The van der Waals surface area contributed by atoms with E-state index in [4.69, 9.17) is 0 Å². The second-order valence-electron chi connectivity index (χ2n) is 5.01. The molecule has 0 bridgehead atoms. The van der Waals surface area contributed by atoms with Crippen molar-refractivity contribution in [2.24, 2.45) is 0 Å². The number of hydrogen-bond acceptors (Lipinski definition) is 3. The highest BCUT2D eigenvalue weighted by Gasteiger charge is 2.13. The lowest BCUT2D eigenvalue weighted by atomic mass is 10.1. The van der Waals surface area contributed by atoms with Crippen LogP contribution < -0.4 is 5.32 Å². The normalized spacial score (nSPS) is 10.4. The fraction of sp³-hybridized carbons (Fsp3) is 0.250. The van der Waals surface area contributed by atoms with Crippen LogP contribution in [0.15, 0.2) is 36.4 Å². The van der Waals surface area contributed by atoms with E-state index in [1.54, 1.807) is 26.2 Å². The summed E-state index contributed by atoms with van der Waals surface area (Å²) in [7, 11) is 3.33. The molecule has 2 amide bonds. The molecule has 21 heavy (non-hydrogen) atoms. The molecule has 110 valence electrons. The number of carbonyl (C=O) groups excluding carboxylic acids is 2. The van der Waals surface area contributed by atoms with Crippen LogP contribution in [0.1, 0.15) is 16.8 Å². The molecule has 2 N–H and O–H groups in total. The number of phenolic OH excluding ortho intramolecular Hbond substituents is 1. The molecule has 0 aliphatic carbocycles. The zero-order chi connectivity index (χ0) is 15.4. The quantitative estimate of drug-likeness (QED) is 0.899. The molecule has 0 saturated heterocycles. The van der Waals surface area contributed by atoms with Crippen LogP contribution in [0, 0.1) is 0 Å². The maximum atomic E-state index is 12.1. The van der Waals surface area contributed by atoms with Gasteiger partial charge in [0.25, 0.3) is 5.91 Å². The van der Waals surface area contributed by atoms with Crippen molar-refractivity contribution in [2.45, 2.75) is 6.42 Å². The number of nitrogens with zero attached hydrogens (tertiary/aromatic N) is 1. The number of aromatic hydroxyl groups is 1. The van der Waals surface area contributed by atoms with Crippen LogP contribution in [0.25, 0.3) is 10.8 Å². The molecule has 0 aliphatic heterocycles. The molecule has 0 atom stereocenters. The van der Waals surface area contributed by atoms with Crippen molar-refractivity contribution in [2.75, 3.05) is 20.6 Å². The summed E-state index contributed by atoms with van der Waals surface area (Å²) in [6.45, 7) is 0.238. The highest BCUT2D eigenvalue weighted by molar-refractivity contribution is 6.01. The summed E-state index contributed by atoms with van der Waals surface area (Å²) in [6, 6.07) is 10.7. The molecule has 0 fully saturated rings. The molecular weight excluding hydrogens is 268 g/mol. The summed E-state index contributed by atoms with van der Waals surface area (Å²) in [5, 5.41) is 14.3. The van der Waals surface area contributed by atoms with Gasteiger partial charge >= 0.3 is 0 Å². The van der Waals surface area contributed by atoms with Crippen LogP contribution in [0.2, 0.25) is 0 Å². The first-order valence-electron chi connectivity index (χ1n) is 6.69. The van der Waals surface area contributed by atoms with Crippen molar-refractivity contribution in [3.63, 3.8) is 0 Å². The Morgan fingerprint density at radius 3 is 2.38 bits per heavy atom. The minimum atomic E-state index is -0.384. The van der Waals surface area contributed by atoms with Gasteiger partial charge in [-0.3, -0.25) is 9.59 Å². The molecule has 0 aliphatic rings. The van der Waals surface area contributed by atoms with Gasteiger partial charge in [-0.25, -0.2) is 0 Å². The lowest BCUT2D eigenvalue weighted by Gasteiger charge is -2.11. The van der Waals surface area contributed by atoms with Crippen LogP contribution in [0.3, 0.4) is 0 Å². The molecule has 0 aromatic heterocycles. The fourth-order valence-electron chi connectivity index (χ4n) is 2.01. The van der Waals surface area contributed by atoms with Gasteiger partial charge in [0.1, 0.15) is 5.75 Å². The third-order valence-electron chi connectivity index (χ3n) is 3.23. The van der Waals surface area contributed by atoms with E-state index in [1.807, 2.05) is 24.3 Å². The lowest BCUT2D eigenvalue weighted by Crippen LogP contribution is -2.30. The van der Waals surface area contributed by atoms with Crippen LogP contribution in [-0.2, 0) is 4.79 Å². The van der Waals surface area contributed by atoms with Gasteiger partial charge in [0.2, 0.25) is 5.91 Å². The van der Waals surface area contributed by atoms with Crippen LogP contribution in [0.5, 0.6) is 5.75 Å². The smallest absolute Gasteiger partial charge is 0.255 e. The third-order valence-corrected chi connectivity index (χ3v) is 3.23. The van der Waals surface area contributed by atoms with E-state index in [2.05, 4.69) is 5.32 Å². The predicted octanol–water partition coefficient (Wildman–Crippen LogP) is 1.75. The first-order valence-corrected chi connectivity index (χ1v) is 6.69. The number of carbonyl (C=O) groups is 2. The zero-order valence-corrected chi connectivity index (χ0v) is 12.1. The molecule has 2 rings (SSSR count). The van der Waals surface area contributed by atoms with E-state index >= 15 is 0 Å². The first kappa shape index (κ1) is 14.8. The Bertz CT molecular complexity index is 680. The van der Waals surface area contributed by atoms with Gasteiger partial charge in [-0.2, -0.15) is 0 Å². The van der Waals surface area contributed by atoms with E-state index in [0.29, 0.717) is 0 Å². The highest BCUT2D eigenvalue weighted by Crippen LogP contribution is 2.24. The number of benzene rings is 2. The maximum absolute atomic E-state index is 12.1. The van der Waals surface area contributed by atoms with Gasteiger partial charge in [0.05, 0.1) is 5.56 Å². The van der Waals surface area contributed by atoms with E-state index in [9.17, 15) is 14.7 Å². The molecule has 5 nitrogen and oxygen atoms in total. The Kier molecular flexibility index (Phi) is 4.42. The molecule has 0 heterocycles. The van der Waals surface area contributed by atoms with Crippen LogP contribution >= 0.6 is 0 Å². The Morgan fingerprint density at radius 2 is 1.76 bits per heavy atom. The third kappa shape index (κ3) is 3.51. The molecular formula is C16H18N2O3. The van der Waals surface area contributed by atoms with Gasteiger partial charge in [-0.1, -0.05) is 24.3 Å². The van der Waals surface area contributed by atoms with E-state index in [0.717, 1.165) is 10.8 Å². The average Bonchev–Trinajstić information content (AvgIpc) is 2.46. The topological polar surface area (TPSA) is 69.6 Å². The van der Waals surface area contributed by atoms with Gasteiger partial charge in [0, 0.05) is 27.1 Å². The number of nitrogens with one attached hydrogen (secondary N) is 1. The predicted molar refractivity (Wildman–Crippen MR) is 81.3 cm³/mol. The van der Waals surface area contributed by atoms with Crippen molar-refractivity contribution in [3.05, 3.63) is 42.0 Å². The van der Waals surface area contributed by atoms with Gasteiger partial charge in [0.15, 0.2) is 0 Å². The molecule has 0 radical (unpaired) electrons. The summed E-state index contributed by atoms with van der Waals surface area (Å²) < 4.78 is 0. The Labute approximate surface area is 123 Å². The lowest BCUT2D eigenvalue weighted by molar-refractivity contribution is -0.128. The Hall–Kier alpha value is -2.56. The summed E-state index contributed by atoms with van der Waals surface area (Å²) in [5.74, 6) is -0.507. The molecule has 0 spiro atoms. The van der Waals surface area contributed by atoms with Crippen molar-refractivity contribution in [3.8, 4) is 5.75 Å². The second-order valence-corrected chi connectivity index (χ2v) is 5.01. The number of phenols is 1. The first-order chi connectivity index (χ1) is 9.99. The maximum Gasteiger partial charge on any atom is 0.255 e. The average molecular weight is 286 g/mol. The molecule has 5 heteroatoms. The van der Waals surface area contributed by atoms with E-state index < -0.39 is 0 Å². The standard InChI is InChI=1S/C16H18N2O3/c1-18(2)15(20)7-8-17-16(21)13-9-11-5-3-4-6-12(11)10-14(13)19/h3-6,9-10,19H,7-8H2,1-2H3,(H,17,21). The SMILES string of the molecule is CN(C)C(=O)CCNC(=O)c1cc2ccccc2cc1O. The van der Waals surface area contributed by atoms with Crippen molar-refractivity contribution < 1.29 is 14.7 Å². The van der Waals surface area contributed by atoms with E-state index in [-0.39, 0.29) is 36.1 Å². The summed E-state index contributed by atoms with van der Waals surface area (Å²) in [6.07, 6.45) is 0.229. The number of fused-ring (bicyclic) bond motifs is 1. The number of rotatable bonds is 4. The molecule has 2 aromatic rings. The minimum Gasteiger partial charge on any atom is -0.507 e. The monoisotopic (exact) mass is 286 g/mol. The van der Waals surface area contributed by atoms with Gasteiger partial charge in [-0.15, -0.1) is 0 Å². The summed E-state index contributed by atoms with van der Waals surface area (Å²) in [5.41, 5.74) is 0.214. The summed E-state index contributed by atoms with van der Waals surface area (Å²) >= 11 is 0. The number of hydrogen-bond donors (Lipinski definition) is 2. The molecule has 0 saturated carbocycles. The highest BCUT2D eigenvalue weighted by atomic mass is 16.3. The second kappa shape index (κ2) is 6.26. The number of amides is 2. The van der Waals surface area contributed by atoms with Crippen molar-refractivity contribution >= 4 is 22.6 Å². The zero-order valence-electron chi connectivity index (χ0n) is 12.1. The van der Waals surface area contributed by atoms with Crippen LogP contribution in [0.4, 0.5) is 0 Å². The fourth-order valence-corrected chi connectivity index (χ4v) is 2.01. The molecule has 2 aromatic carbocycles. The minimum absolute atomic E-state index is 0.0574. The van der Waals surface area contributed by atoms with Crippen LogP contribution in [-0.4, -0.2) is 42.5 Å². The van der Waals surface area contributed by atoms with E-state index in [1.165, 1.54) is 4.90 Å². The molecule has 0 unspecified atom stereocenters. The Morgan fingerprint density at radius 1 is 1.14 bits per heavy atom. The Balaban J connectivity index is 2.09.